The van der Waals surface area contributed by atoms with E-state index in [2.05, 4.69) is 11.9 Å². The molecule has 10 heteroatoms. The molecule has 1 heterocycles. The van der Waals surface area contributed by atoms with Crippen LogP contribution in [0.5, 0.6) is 0 Å². The second-order valence-electron chi connectivity index (χ2n) is 6.50. The average Bonchev–Trinajstić information content (AvgIpc) is 2.88. The predicted octanol–water partition coefficient (Wildman–Crippen LogP) is 0.776. The lowest BCUT2D eigenvalue weighted by molar-refractivity contribution is -0.134. The minimum Gasteiger partial charge on any atom is -0.478 e. The van der Waals surface area contributed by atoms with E-state index < -0.39 is 23.9 Å². The fourth-order valence-electron chi connectivity index (χ4n) is 3.31. The van der Waals surface area contributed by atoms with E-state index in [9.17, 15) is 19.2 Å². The zero-order valence-electron chi connectivity index (χ0n) is 15.8. The summed E-state index contributed by atoms with van der Waals surface area (Å²) in [4.78, 5) is 40.7. The number of rotatable bonds is 4. The molecule has 6 N–H and O–H groups in total. The van der Waals surface area contributed by atoms with Gasteiger partial charge in [-0.3, -0.25) is 4.90 Å². The lowest BCUT2D eigenvalue weighted by Crippen LogP contribution is -2.53. The highest BCUT2D eigenvalue weighted by atomic mass is 16.4. The molecular formula is C18H28N2O8. The minimum atomic E-state index is -1.26. The van der Waals surface area contributed by atoms with Crippen LogP contribution in [0.15, 0.2) is 24.3 Å². The van der Waals surface area contributed by atoms with Gasteiger partial charge < -0.3 is 26.2 Å². The molecule has 1 aliphatic carbocycles. The number of carboxylic acids is 4. The first-order chi connectivity index (χ1) is 13.0. The Labute approximate surface area is 162 Å². The van der Waals surface area contributed by atoms with Gasteiger partial charge in [0.25, 0.3) is 0 Å². The quantitative estimate of drug-likeness (QED) is 0.423. The summed E-state index contributed by atoms with van der Waals surface area (Å²) in [5.41, 5.74) is 6.59. The van der Waals surface area contributed by atoms with Gasteiger partial charge in [-0.05, 0) is 32.9 Å². The molecule has 0 aromatic rings. The van der Waals surface area contributed by atoms with Gasteiger partial charge in [0.15, 0.2) is 0 Å². The van der Waals surface area contributed by atoms with Crippen molar-refractivity contribution in [3.8, 4) is 0 Å². The van der Waals surface area contributed by atoms with Crippen molar-refractivity contribution in [2.45, 2.75) is 50.1 Å². The Morgan fingerprint density at radius 2 is 1.18 bits per heavy atom. The maximum Gasteiger partial charge on any atom is 0.328 e. The third kappa shape index (κ3) is 9.83. The van der Waals surface area contributed by atoms with Gasteiger partial charge in [0.1, 0.15) is 0 Å². The van der Waals surface area contributed by atoms with E-state index in [1.807, 2.05) is 0 Å². The van der Waals surface area contributed by atoms with Gasteiger partial charge in [-0.2, -0.15) is 0 Å². The van der Waals surface area contributed by atoms with E-state index in [1.54, 1.807) is 0 Å². The summed E-state index contributed by atoms with van der Waals surface area (Å²) in [7, 11) is 2.25. The van der Waals surface area contributed by atoms with Crippen LogP contribution >= 0.6 is 0 Å². The van der Waals surface area contributed by atoms with Crippen LogP contribution in [0.2, 0.25) is 0 Å². The summed E-state index contributed by atoms with van der Waals surface area (Å²) in [5.74, 6) is -5.03. The summed E-state index contributed by atoms with van der Waals surface area (Å²) in [5, 5.41) is 31.2. The van der Waals surface area contributed by atoms with E-state index in [0.717, 1.165) is 0 Å². The average molecular weight is 400 g/mol. The molecule has 1 unspecified atom stereocenters. The van der Waals surface area contributed by atoms with Crippen molar-refractivity contribution >= 4 is 23.9 Å². The van der Waals surface area contributed by atoms with Gasteiger partial charge in [0.2, 0.25) is 0 Å². The van der Waals surface area contributed by atoms with Crippen LogP contribution < -0.4 is 5.73 Å². The Bertz CT molecular complexity index is 531. The zero-order chi connectivity index (χ0) is 21.7. The molecule has 158 valence electrons. The lowest BCUT2D eigenvalue weighted by Gasteiger charge is -2.42. The molecule has 0 radical (unpaired) electrons. The summed E-state index contributed by atoms with van der Waals surface area (Å²) in [6.45, 7) is 1.21. The monoisotopic (exact) mass is 400 g/mol. The van der Waals surface area contributed by atoms with E-state index in [0.29, 0.717) is 35.9 Å². The Morgan fingerprint density at radius 3 is 1.43 bits per heavy atom. The van der Waals surface area contributed by atoms with E-state index in [1.165, 1.54) is 45.1 Å². The van der Waals surface area contributed by atoms with E-state index in [-0.39, 0.29) is 0 Å². The van der Waals surface area contributed by atoms with Gasteiger partial charge >= 0.3 is 23.9 Å². The highest BCUT2D eigenvalue weighted by Crippen LogP contribution is 2.39. The number of hydrogen-bond acceptors (Lipinski definition) is 6. The zero-order valence-corrected chi connectivity index (χ0v) is 15.8. The maximum absolute atomic E-state index is 9.55. The van der Waals surface area contributed by atoms with Crippen molar-refractivity contribution in [2.24, 2.45) is 5.73 Å². The van der Waals surface area contributed by atoms with Gasteiger partial charge in [-0.25, -0.2) is 19.2 Å². The molecule has 1 spiro atoms. The molecule has 10 nitrogen and oxygen atoms in total. The molecular weight excluding hydrogens is 372 g/mol. The molecule has 2 rings (SSSR count). The van der Waals surface area contributed by atoms with Crippen molar-refractivity contribution < 1.29 is 39.6 Å². The maximum atomic E-state index is 9.55. The molecule has 0 bridgehead atoms. The van der Waals surface area contributed by atoms with Crippen molar-refractivity contribution in [2.75, 3.05) is 13.6 Å². The Kier molecular flexibility index (Phi) is 11.4. The summed E-state index contributed by atoms with van der Waals surface area (Å²) in [6, 6.07) is 0.447. The molecule has 1 saturated heterocycles. The predicted molar refractivity (Wildman–Crippen MR) is 99.9 cm³/mol. The summed E-state index contributed by atoms with van der Waals surface area (Å²) < 4.78 is 0. The highest BCUT2D eigenvalue weighted by molar-refractivity contribution is 5.90. The molecule has 0 aromatic heterocycles. The van der Waals surface area contributed by atoms with Gasteiger partial charge in [0, 0.05) is 35.9 Å². The van der Waals surface area contributed by atoms with Crippen molar-refractivity contribution in [1.82, 2.24) is 4.90 Å². The first-order valence-corrected chi connectivity index (χ1v) is 8.76. The minimum absolute atomic E-state index is 0.401. The summed E-state index contributed by atoms with van der Waals surface area (Å²) >= 11 is 0. The number of hydrogen-bond donors (Lipinski definition) is 5. The van der Waals surface area contributed by atoms with Crippen LogP contribution in [0.3, 0.4) is 0 Å². The van der Waals surface area contributed by atoms with Crippen LogP contribution in [0.25, 0.3) is 0 Å². The first-order valence-electron chi connectivity index (χ1n) is 8.76. The second kappa shape index (κ2) is 12.6. The fourth-order valence-corrected chi connectivity index (χ4v) is 3.31. The number of nitrogens with zero attached hydrogens (tertiary/aromatic N) is 1. The van der Waals surface area contributed by atoms with E-state index in [4.69, 9.17) is 26.2 Å². The number of nitrogens with two attached hydrogens (primary N) is 1. The SMILES string of the molecule is CN1CCC(N)C12CCCCC2.O=C(O)C=CC(=O)O.O=C(O)C=CC(=O)O. The van der Waals surface area contributed by atoms with Gasteiger partial charge in [-0.15, -0.1) is 0 Å². The standard InChI is InChI=1S/C10H20N2.2C4H4O4/c1-12-8-5-9(11)10(12)6-3-2-4-7-10;2*5-3(6)1-2-4(7)8/h9H,2-8,11H2,1H3;2*1-2H,(H,5,6)(H,7,8). The number of likely N-dealkylation sites (tertiary alicyclic amines) is 1. The Balaban J connectivity index is 0.000000408. The van der Waals surface area contributed by atoms with Crippen molar-refractivity contribution in [3.63, 3.8) is 0 Å². The first kappa shape index (κ1) is 25.3. The third-order valence-corrected chi connectivity index (χ3v) is 4.68. The number of carboxylic acid groups (broad SMARTS) is 4. The number of aliphatic carboxylic acids is 4. The van der Waals surface area contributed by atoms with Gasteiger partial charge in [-0.1, -0.05) is 19.3 Å². The third-order valence-electron chi connectivity index (χ3n) is 4.68. The van der Waals surface area contributed by atoms with Gasteiger partial charge in [0.05, 0.1) is 0 Å². The van der Waals surface area contributed by atoms with Crippen molar-refractivity contribution in [3.05, 3.63) is 24.3 Å². The molecule has 2 fully saturated rings. The molecule has 2 aliphatic rings. The molecule has 1 saturated carbocycles. The molecule has 0 aromatic carbocycles. The number of carbonyl (C=O) groups is 4. The normalized spacial score (nSPS) is 20.9. The topological polar surface area (TPSA) is 178 Å². The summed E-state index contributed by atoms with van der Waals surface area (Å²) in [6.07, 6.45) is 10.3. The van der Waals surface area contributed by atoms with Crippen molar-refractivity contribution in [1.29, 1.82) is 0 Å². The Hall–Kier alpha value is -2.72. The molecule has 0 amide bonds. The molecule has 1 atom stereocenters. The second-order valence-corrected chi connectivity index (χ2v) is 6.50. The van der Waals surface area contributed by atoms with Crippen LogP contribution in [0, 0.1) is 0 Å². The van der Waals surface area contributed by atoms with Crippen LogP contribution in [0.4, 0.5) is 0 Å². The smallest absolute Gasteiger partial charge is 0.328 e. The lowest BCUT2D eigenvalue weighted by atomic mass is 9.77. The van der Waals surface area contributed by atoms with Crippen LogP contribution in [-0.4, -0.2) is 74.4 Å². The number of likely N-dealkylation sites (N-methyl/N-ethyl adjacent to an activating group) is 1. The Morgan fingerprint density at radius 1 is 0.821 bits per heavy atom. The van der Waals surface area contributed by atoms with Crippen LogP contribution in [-0.2, 0) is 19.2 Å². The molecule has 1 aliphatic heterocycles. The fraction of sp³-hybridized carbons (Fsp3) is 0.556. The largest absolute Gasteiger partial charge is 0.478 e. The molecule has 28 heavy (non-hydrogen) atoms. The van der Waals surface area contributed by atoms with Crippen LogP contribution in [0.1, 0.15) is 38.5 Å². The van der Waals surface area contributed by atoms with E-state index >= 15 is 0 Å². The highest BCUT2D eigenvalue weighted by Gasteiger charge is 2.45.